The number of ether oxygens (including phenoxy) is 2. The molecule has 0 radical (unpaired) electrons. The fourth-order valence-corrected chi connectivity index (χ4v) is 1.99. The van der Waals surface area contributed by atoms with Gasteiger partial charge in [0.05, 0.1) is 0 Å². The number of fused-ring (bicyclic) bond motifs is 2. The summed E-state index contributed by atoms with van der Waals surface area (Å²) >= 11 is 0. The van der Waals surface area contributed by atoms with Crippen molar-refractivity contribution >= 4 is 28.6 Å². The molecule has 7 heteroatoms. The van der Waals surface area contributed by atoms with Crippen LogP contribution in [0.1, 0.15) is 0 Å². The molecule has 0 N–H and O–H groups in total. The van der Waals surface area contributed by atoms with Crippen LogP contribution in [0.25, 0.3) is 10.8 Å². The SMILES string of the molecule is O=C(Oc1cccc2cc3c(cc12)OCC=N3)C(F)(F)F. The first-order valence-electron chi connectivity index (χ1n) is 5.96. The second kappa shape index (κ2) is 4.76. The summed E-state index contributed by atoms with van der Waals surface area (Å²) in [6, 6.07) is 7.65. The van der Waals surface area contributed by atoms with Crippen LogP contribution in [0.5, 0.6) is 11.5 Å². The molecule has 0 aliphatic carbocycles. The van der Waals surface area contributed by atoms with Crippen LogP contribution in [0, 0.1) is 0 Å². The lowest BCUT2D eigenvalue weighted by atomic mass is 10.1. The number of alkyl halides is 3. The molecule has 108 valence electrons. The summed E-state index contributed by atoms with van der Waals surface area (Å²) in [5.74, 6) is -2.00. The summed E-state index contributed by atoms with van der Waals surface area (Å²) < 4.78 is 46.6. The topological polar surface area (TPSA) is 47.9 Å². The highest BCUT2D eigenvalue weighted by Crippen LogP contribution is 2.38. The average Bonchev–Trinajstić information content (AvgIpc) is 2.44. The van der Waals surface area contributed by atoms with Gasteiger partial charge >= 0.3 is 12.1 Å². The predicted molar refractivity (Wildman–Crippen MR) is 69.3 cm³/mol. The van der Waals surface area contributed by atoms with Gasteiger partial charge < -0.3 is 9.47 Å². The fraction of sp³-hybridized carbons (Fsp3) is 0.143. The summed E-state index contributed by atoms with van der Waals surface area (Å²) in [4.78, 5) is 15.1. The van der Waals surface area contributed by atoms with Gasteiger partial charge in [0.2, 0.25) is 0 Å². The van der Waals surface area contributed by atoms with Gasteiger partial charge in [0, 0.05) is 11.6 Å². The van der Waals surface area contributed by atoms with Crippen LogP contribution in [-0.2, 0) is 4.79 Å². The Morgan fingerprint density at radius 3 is 2.86 bits per heavy atom. The lowest BCUT2D eigenvalue weighted by molar-refractivity contribution is -0.189. The molecular weight excluding hydrogens is 287 g/mol. The van der Waals surface area contributed by atoms with E-state index in [9.17, 15) is 18.0 Å². The third-order valence-corrected chi connectivity index (χ3v) is 2.90. The Bertz CT molecular complexity index is 753. The molecule has 4 nitrogen and oxygen atoms in total. The monoisotopic (exact) mass is 295 g/mol. The van der Waals surface area contributed by atoms with Crippen LogP contribution >= 0.6 is 0 Å². The maximum absolute atomic E-state index is 12.3. The van der Waals surface area contributed by atoms with Crippen molar-refractivity contribution in [3.05, 3.63) is 30.3 Å². The van der Waals surface area contributed by atoms with E-state index in [1.54, 1.807) is 18.3 Å². The summed E-state index contributed by atoms with van der Waals surface area (Å²) in [7, 11) is 0. The quantitative estimate of drug-likeness (QED) is 0.598. The Morgan fingerprint density at radius 2 is 2.10 bits per heavy atom. The highest BCUT2D eigenvalue weighted by molar-refractivity contribution is 5.95. The Hall–Kier alpha value is -2.57. The Labute approximate surface area is 116 Å². The van der Waals surface area contributed by atoms with Crippen LogP contribution in [0.15, 0.2) is 35.3 Å². The van der Waals surface area contributed by atoms with Crippen molar-refractivity contribution in [2.75, 3.05) is 6.61 Å². The van der Waals surface area contributed by atoms with Gasteiger partial charge in [-0.05, 0) is 23.6 Å². The molecule has 0 atom stereocenters. The summed E-state index contributed by atoms with van der Waals surface area (Å²) in [5.41, 5.74) is 0.577. The molecule has 0 saturated heterocycles. The number of carbonyl (C=O) groups is 1. The molecule has 0 amide bonds. The third-order valence-electron chi connectivity index (χ3n) is 2.90. The van der Waals surface area contributed by atoms with Gasteiger partial charge in [-0.3, -0.25) is 4.99 Å². The first-order chi connectivity index (χ1) is 9.95. The van der Waals surface area contributed by atoms with Gasteiger partial charge in [-0.25, -0.2) is 4.79 Å². The number of benzene rings is 2. The van der Waals surface area contributed by atoms with E-state index in [1.807, 2.05) is 0 Å². The molecule has 0 saturated carbocycles. The van der Waals surface area contributed by atoms with Crippen LogP contribution < -0.4 is 9.47 Å². The van der Waals surface area contributed by atoms with Gasteiger partial charge in [-0.15, -0.1) is 0 Å². The molecule has 2 aromatic rings. The first kappa shape index (κ1) is 13.4. The van der Waals surface area contributed by atoms with E-state index >= 15 is 0 Å². The van der Waals surface area contributed by atoms with Crippen molar-refractivity contribution in [3.8, 4) is 11.5 Å². The average molecular weight is 295 g/mol. The van der Waals surface area contributed by atoms with Crippen LogP contribution in [0.4, 0.5) is 18.9 Å². The van der Waals surface area contributed by atoms with Gasteiger partial charge in [-0.1, -0.05) is 12.1 Å². The van der Waals surface area contributed by atoms with E-state index in [4.69, 9.17) is 4.74 Å². The molecular formula is C14H8F3NO3. The summed E-state index contributed by atoms with van der Waals surface area (Å²) in [6.07, 6.45) is -3.46. The molecule has 1 heterocycles. The molecule has 2 aromatic carbocycles. The molecule has 0 aromatic heterocycles. The highest BCUT2D eigenvalue weighted by atomic mass is 19.4. The Balaban J connectivity index is 2.07. The molecule has 0 bridgehead atoms. The van der Waals surface area contributed by atoms with Crippen molar-refractivity contribution in [2.45, 2.75) is 6.18 Å². The van der Waals surface area contributed by atoms with Gasteiger partial charge in [0.15, 0.2) is 0 Å². The number of rotatable bonds is 1. The number of halogens is 3. The van der Waals surface area contributed by atoms with Crippen molar-refractivity contribution in [3.63, 3.8) is 0 Å². The predicted octanol–water partition coefficient (Wildman–Crippen LogP) is 3.40. The van der Waals surface area contributed by atoms with Crippen molar-refractivity contribution in [2.24, 2.45) is 4.99 Å². The maximum atomic E-state index is 12.3. The minimum absolute atomic E-state index is 0.171. The lowest BCUT2D eigenvalue weighted by Crippen LogP contribution is -2.28. The van der Waals surface area contributed by atoms with E-state index in [0.717, 1.165) is 0 Å². The van der Waals surface area contributed by atoms with Crippen molar-refractivity contribution in [1.29, 1.82) is 0 Å². The second-order valence-corrected chi connectivity index (χ2v) is 4.31. The molecule has 0 unspecified atom stereocenters. The van der Waals surface area contributed by atoms with E-state index < -0.39 is 12.1 Å². The minimum Gasteiger partial charge on any atom is -0.486 e. The second-order valence-electron chi connectivity index (χ2n) is 4.31. The summed E-state index contributed by atoms with van der Waals surface area (Å²) in [6.45, 7) is 0.281. The third kappa shape index (κ3) is 2.54. The molecule has 1 aliphatic rings. The molecule has 0 fully saturated rings. The molecule has 1 aliphatic heterocycles. The zero-order chi connectivity index (χ0) is 15.0. The first-order valence-corrected chi connectivity index (χ1v) is 5.96. The number of carbonyl (C=O) groups excluding carboxylic acids is 1. The largest absolute Gasteiger partial charge is 0.491 e. The van der Waals surface area contributed by atoms with Crippen molar-refractivity contribution in [1.82, 2.24) is 0 Å². The smallest absolute Gasteiger partial charge is 0.486 e. The van der Waals surface area contributed by atoms with E-state index in [1.165, 1.54) is 18.2 Å². The minimum atomic E-state index is -5.04. The summed E-state index contributed by atoms with van der Waals surface area (Å²) in [5, 5.41) is 0.954. The standard InChI is InChI=1S/C14H8F3NO3/c15-14(16,17)13(19)21-11-3-1-2-8-6-10-12(7-9(8)11)20-5-4-18-10/h1-4,6-7H,5H2. The Morgan fingerprint density at radius 1 is 1.29 bits per heavy atom. The number of aliphatic imine (C=N–C) groups is 1. The van der Waals surface area contributed by atoms with Crippen molar-refractivity contribution < 1.29 is 27.4 Å². The fourth-order valence-electron chi connectivity index (χ4n) is 1.99. The van der Waals surface area contributed by atoms with Crippen LogP contribution in [0.2, 0.25) is 0 Å². The zero-order valence-electron chi connectivity index (χ0n) is 10.5. The van der Waals surface area contributed by atoms with Gasteiger partial charge in [0.1, 0.15) is 23.8 Å². The molecule has 3 rings (SSSR count). The molecule has 21 heavy (non-hydrogen) atoms. The number of nitrogens with zero attached hydrogens (tertiary/aromatic N) is 1. The van der Waals surface area contributed by atoms with Gasteiger partial charge in [0.25, 0.3) is 0 Å². The number of hydrogen-bond acceptors (Lipinski definition) is 4. The molecule has 0 spiro atoms. The zero-order valence-corrected chi connectivity index (χ0v) is 10.5. The highest BCUT2D eigenvalue weighted by Gasteiger charge is 2.41. The van der Waals surface area contributed by atoms with E-state index in [2.05, 4.69) is 9.73 Å². The number of esters is 1. The van der Waals surface area contributed by atoms with Gasteiger partial charge in [-0.2, -0.15) is 13.2 Å². The Kier molecular flexibility index (Phi) is 3.04. The normalized spacial score (nSPS) is 13.7. The maximum Gasteiger partial charge on any atom is 0.491 e. The number of hydrogen-bond donors (Lipinski definition) is 0. The van der Waals surface area contributed by atoms with E-state index in [0.29, 0.717) is 22.2 Å². The van der Waals surface area contributed by atoms with Crippen LogP contribution in [-0.4, -0.2) is 25.0 Å². The van der Waals surface area contributed by atoms with E-state index in [-0.39, 0.29) is 12.4 Å². The van der Waals surface area contributed by atoms with Crippen LogP contribution in [0.3, 0.4) is 0 Å². The lowest BCUT2D eigenvalue weighted by Gasteiger charge is -2.14.